The summed E-state index contributed by atoms with van der Waals surface area (Å²) in [5, 5.41) is 5.09. The number of primary sulfonamides is 1. The van der Waals surface area contributed by atoms with Crippen LogP contribution in [0.15, 0.2) is 78.3 Å². The molecular formula is C24H25NO5S. The van der Waals surface area contributed by atoms with Crippen molar-refractivity contribution >= 4 is 27.5 Å². The molecule has 0 amide bonds. The van der Waals surface area contributed by atoms with Gasteiger partial charge in [0.25, 0.3) is 0 Å². The highest BCUT2D eigenvalue weighted by Gasteiger charge is 2.13. The summed E-state index contributed by atoms with van der Waals surface area (Å²) in [5.41, 5.74) is 2.63. The normalized spacial score (nSPS) is 12.3. The average Bonchev–Trinajstić information content (AvgIpc) is 2.77. The highest BCUT2D eigenvalue weighted by molar-refractivity contribution is 7.89. The minimum Gasteiger partial charge on any atom is -0.496 e. The van der Waals surface area contributed by atoms with Crippen LogP contribution in [-0.4, -0.2) is 28.4 Å². The molecular weight excluding hydrogens is 414 g/mol. The van der Waals surface area contributed by atoms with Crippen LogP contribution in [0.2, 0.25) is 0 Å². The zero-order valence-electron chi connectivity index (χ0n) is 17.7. The summed E-state index contributed by atoms with van der Waals surface area (Å²) in [4.78, 5) is 12.5. The van der Waals surface area contributed by atoms with E-state index in [2.05, 4.69) is 6.58 Å². The van der Waals surface area contributed by atoms with Gasteiger partial charge in [0.1, 0.15) is 11.5 Å². The molecule has 2 aromatic rings. The van der Waals surface area contributed by atoms with Crippen molar-refractivity contribution in [2.75, 3.05) is 14.2 Å². The summed E-state index contributed by atoms with van der Waals surface area (Å²) in [6.45, 7) is 5.78. The lowest BCUT2D eigenvalue weighted by molar-refractivity contribution is 0.104. The Balaban J connectivity index is 2.45. The highest BCUT2D eigenvalue weighted by Crippen LogP contribution is 2.34. The summed E-state index contributed by atoms with van der Waals surface area (Å²) in [6, 6.07) is 9.02. The molecule has 0 saturated heterocycles. The van der Waals surface area contributed by atoms with Crippen LogP contribution in [-0.2, 0) is 10.0 Å². The molecule has 0 radical (unpaired) electrons. The zero-order valence-corrected chi connectivity index (χ0v) is 18.5. The Hall–Kier alpha value is -3.42. The highest BCUT2D eigenvalue weighted by atomic mass is 32.2. The van der Waals surface area contributed by atoms with Gasteiger partial charge in [-0.05, 0) is 55.0 Å². The fraction of sp³-hybridized carbons (Fsp3) is 0.125. The molecule has 7 heteroatoms. The van der Waals surface area contributed by atoms with Crippen LogP contribution in [0.25, 0.3) is 11.6 Å². The third-order valence-corrected chi connectivity index (χ3v) is 5.36. The number of sulfonamides is 1. The molecule has 2 rings (SSSR count). The lowest BCUT2D eigenvalue weighted by Crippen LogP contribution is -2.12. The molecule has 0 aromatic heterocycles. The van der Waals surface area contributed by atoms with Crippen molar-refractivity contribution in [2.45, 2.75) is 11.8 Å². The van der Waals surface area contributed by atoms with Crippen LogP contribution in [0.1, 0.15) is 28.4 Å². The van der Waals surface area contributed by atoms with Gasteiger partial charge in [-0.2, -0.15) is 0 Å². The van der Waals surface area contributed by atoms with Crippen LogP contribution >= 0.6 is 0 Å². The SMILES string of the molecule is C=C/C(=C\C=C/C)c1cc(/C=C/C(=O)c2ccc(S(N)(=O)=O)cc2)c(OC)cc1OC. The first-order chi connectivity index (χ1) is 14.7. The number of methoxy groups -OCH3 is 2. The monoisotopic (exact) mass is 439 g/mol. The van der Waals surface area contributed by atoms with E-state index < -0.39 is 10.0 Å². The first kappa shape index (κ1) is 23.9. The van der Waals surface area contributed by atoms with E-state index in [-0.39, 0.29) is 10.7 Å². The maximum Gasteiger partial charge on any atom is 0.238 e. The van der Waals surface area contributed by atoms with Gasteiger partial charge in [-0.25, -0.2) is 13.6 Å². The Morgan fingerprint density at radius 2 is 1.71 bits per heavy atom. The fourth-order valence-electron chi connectivity index (χ4n) is 2.82. The maximum atomic E-state index is 12.5. The van der Waals surface area contributed by atoms with Crippen molar-refractivity contribution in [1.82, 2.24) is 0 Å². The second-order valence-electron chi connectivity index (χ2n) is 6.41. The molecule has 31 heavy (non-hydrogen) atoms. The quantitative estimate of drug-likeness (QED) is 0.355. The van der Waals surface area contributed by atoms with Crippen molar-refractivity contribution in [3.63, 3.8) is 0 Å². The lowest BCUT2D eigenvalue weighted by atomic mass is 9.99. The Labute approximate surface area is 183 Å². The smallest absolute Gasteiger partial charge is 0.238 e. The number of benzene rings is 2. The van der Waals surface area contributed by atoms with Gasteiger partial charge in [0.05, 0.1) is 19.1 Å². The molecule has 0 fully saturated rings. The minimum atomic E-state index is -3.81. The van der Waals surface area contributed by atoms with Crippen LogP contribution in [0.4, 0.5) is 0 Å². The molecule has 6 nitrogen and oxygen atoms in total. The second-order valence-corrected chi connectivity index (χ2v) is 7.97. The van der Waals surface area contributed by atoms with Gasteiger partial charge in [0.2, 0.25) is 10.0 Å². The van der Waals surface area contributed by atoms with Crippen molar-refractivity contribution in [2.24, 2.45) is 5.14 Å². The molecule has 0 unspecified atom stereocenters. The van der Waals surface area contributed by atoms with E-state index >= 15 is 0 Å². The fourth-order valence-corrected chi connectivity index (χ4v) is 3.33. The van der Waals surface area contributed by atoms with Crippen LogP contribution in [0, 0.1) is 0 Å². The Morgan fingerprint density at radius 3 is 2.23 bits per heavy atom. The molecule has 162 valence electrons. The summed E-state index contributed by atoms with van der Waals surface area (Å²) in [6.07, 6.45) is 10.4. The molecule has 2 N–H and O–H groups in total. The van der Waals surface area contributed by atoms with Crippen LogP contribution < -0.4 is 14.6 Å². The number of hydrogen-bond acceptors (Lipinski definition) is 5. The molecule has 0 aliphatic rings. The predicted octanol–water partition coefficient (Wildman–Crippen LogP) is 4.39. The van der Waals surface area contributed by atoms with E-state index in [4.69, 9.17) is 14.6 Å². The third-order valence-electron chi connectivity index (χ3n) is 4.43. The van der Waals surface area contributed by atoms with E-state index in [9.17, 15) is 13.2 Å². The number of ether oxygens (including phenoxy) is 2. The van der Waals surface area contributed by atoms with Gasteiger partial charge in [-0.15, -0.1) is 0 Å². The van der Waals surface area contributed by atoms with E-state index in [1.165, 1.54) is 37.5 Å². The van der Waals surface area contributed by atoms with Gasteiger partial charge in [0.15, 0.2) is 5.78 Å². The third kappa shape index (κ3) is 6.04. The first-order valence-corrected chi connectivity index (χ1v) is 10.9. The topological polar surface area (TPSA) is 95.7 Å². The van der Waals surface area contributed by atoms with E-state index in [1.807, 2.05) is 31.2 Å². The van der Waals surface area contributed by atoms with E-state index in [0.717, 1.165) is 11.1 Å². The van der Waals surface area contributed by atoms with Gasteiger partial charge in [-0.1, -0.05) is 30.9 Å². The summed E-state index contributed by atoms with van der Waals surface area (Å²) in [7, 11) is -0.715. The molecule has 0 aliphatic carbocycles. The van der Waals surface area contributed by atoms with Crippen LogP contribution in [0.3, 0.4) is 0 Å². The Kier molecular flexibility index (Phi) is 8.13. The molecule has 0 bridgehead atoms. The summed E-state index contributed by atoms with van der Waals surface area (Å²) < 4.78 is 33.7. The number of hydrogen-bond donors (Lipinski definition) is 1. The number of rotatable bonds is 9. The summed E-state index contributed by atoms with van der Waals surface area (Å²) in [5.74, 6) is 0.840. The molecule has 0 aliphatic heterocycles. The largest absolute Gasteiger partial charge is 0.496 e. The molecule has 0 saturated carbocycles. The second kappa shape index (κ2) is 10.6. The van der Waals surface area contributed by atoms with Crippen molar-refractivity contribution < 1.29 is 22.7 Å². The maximum absolute atomic E-state index is 12.5. The van der Waals surface area contributed by atoms with Gasteiger partial charge >= 0.3 is 0 Å². The number of ketones is 1. The standard InChI is InChI=1S/C24H25NO5S/c1-5-7-8-17(6-2)21-15-19(23(29-3)16-24(21)30-4)11-14-22(26)18-9-12-20(13-10-18)31(25,27)28/h5-16H,2H2,1,3-4H3,(H2,25,27,28)/b7-5-,14-11+,17-8+. The molecule has 0 heterocycles. The first-order valence-electron chi connectivity index (χ1n) is 9.32. The Bertz CT molecular complexity index is 1160. The lowest BCUT2D eigenvalue weighted by Gasteiger charge is -2.14. The number of nitrogens with two attached hydrogens (primary N) is 1. The van der Waals surface area contributed by atoms with Crippen LogP contribution in [0.5, 0.6) is 11.5 Å². The number of carbonyl (C=O) groups excluding carboxylic acids is 1. The van der Waals surface area contributed by atoms with Gasteiger partial charge < -0.3 is 9.47 Å². The Morgan fingerprint density at radius 1 is 1.06 bits per heavy atom. The van der Waals surface area contributed by atoms with Gasteiger partial charge in [0, 0.05) is 22.8 Å². The number of allylic oxidation sites excluding steroid dienone is 6. The average molecular weight is 440 g/mol. The molecule has 0 spiro atoms. The van der Waals surface area contributed by atoms with Crippen molar-refractivity contribution in [1.29, 1.82) is 0 Å². The summed E-state index contributed by atoms with van der Waals surface area (Å²) >= 11 is 0. The number of carbonyl (C=O) groups is 1. The zero-order chi connectivity index (χ0) is 23.0. The van der Waals surface area contributed by atoms with E-state index in [1.54, 1.807) is 25.3 Å². The predicted molar refractivity (Wildman–Crippen MR) is 124 cm³/mol. The van der Waals surface area contributed by atoms with Crippen molar-refractivity contribution in [3.8, 4) is 11.5 Å². The van der Waals surface area contributed by atoms with Crippen molar-refractivity contribution in [3.05, 3.63) is 90.0 Å². The molecule has 0 atom stereocenters. The minimum absolute atomic E-state index is 0.0561. The van der Waals surface area contributed by atoms with Gasteiger partial charge in [-0.3, -0.25) is 4.79 Å². The molecule has 2 aromatic carbocycles. The van der Waals surface area contributed by atoms with E-state index in [0.29, 0.717) is 22.6 Å².